The first-order chi connectivity index (χ1) is 12.4. The third-order valence-electron chi connectivity index (χ3n) is 3.86. The van der Waals surface area contributed by atoms with Crippen molar-refractivity contribution in [2.75, 3.05) is 0 Å². The standard InChI is InChI=1S/C15H14N6O4S/c1-18-12(16-8-14(18)21(24)25)7-11(26)15-17-13(20(22)23)9-19(15)10-5-3-2-4-6-10/h2-6,8-9,11,26H,7H2,1H3. The summed E-state index contributed by atoms with van der Waals surface area (Å²) in [5.41, 5.74) is 0.702. The molecule has 0 aliphatic heterocycles. The van der Waals surface area contributed by atoms with Crippen molar-refractivity contribution in [3.8, 4) is 5.69 Å². The number of para-hydroxylation sites is 1. The van der Waals surface area contributed by atoms with E-state index in [0.717, 1.165) is 0 Å². The van der Waals surface area contributed by atoms with Crippen LogP contribution in [0.25, 0.3) is 5.69 Å². The molecule has 10 nitrogen and oxygen atoms in total. The molecule has 0 N–H and O–H groups in total. The Kier molecular flexibility index (Phi) is 4.71. The molecule has 1 atom stereocenters. The van der Waals surface area contributed by atoms with Gasteiger partial charge in [-0.15, -0.1) is 0 Å². The van der Waals surface area contributed by atoms with Crippen LogP contribution >= 0.6 is 12.6 Å². The van der Waals surface area contributed by atoms with Crippen molar-refractivity contribution in [2.24, 2.45) is 7.05 Å². The maximum absolute atomic E-state index is 11.1. The quantitative estimate of drug-likeness (QED) is 0.402. The zero-order valence-electron chi connectivity index (χ0n) is 13.6. The molecule has 1 aromatic carbocycles. The van der Waals surface area contributed by atoms with Crippen LogP contribution < -0.4 is 0 Å². The van der Waals surface area contributed by atoms with E-state index in [-0.39, 0.29) is 18.1 Å². The fraction of sp³-hybridized carbons (Fsp3) is 0.200. The molecule has 0 saturated heterocycles. The minimum absolute atomic E-state index is 0.141. The second-order valence-electron chi connectivity index (χ2n) is 5.49. The largest absolute Gasteiger partial charge is 0.382 e. The van der Waals surface area contributed by atoms with E-state index in [9.17, 15) is 20.2 Å². The van der Waals surface area contributed by atoms with Crippen LogP contribution in [-0.4, -0.2) is 28.9 Å². The van der Waals surface area contributed by atoms with Gasteiger partial charge in [-0.3, -0.25) is 4.57 Å². The molecule has 0 radical (unpaired) electrons. The summed E-state index contributed by atoms with van der Waals surface area (Å²) in [5.74, 6) is 0.352. The van der Waals surface area contributed by atoms with Crippen molar-refractivity contribution in [3.63, 3.8) is 0 Å². The molecule has 0 bridgehead atoms. The van der Waals surface area contributed by atoms with Gasteiger partial charge in [0.15, 0.2) is 5.82 Å². The lowest BCUT2D eigenvalue weighted by Gasteiger charge is -2.09. The predicted octanol–water partition coefficient (Wildman–Crippen LogP) is 2.64. The Hall–Kier alpha value is -3.21. The maximum Gasteiger partial charge on any atom is 0.382 e. The highest BCUT2D eigenvalue weighted by atomic mass is 32.1. The van der Waals surface area contributed by atoms with Gasteiger partial charge in [0.2, 0.25) is 5.82 Å². The number of rotatable bonds is 6. The van der Waals surface area contributed by atoms with Crippen LogP contribution in [0.15, 0.2) is 42.7 Å². The van der Waals surface area contributed by atoms with E-state index in [2.05, 4.69) is 22.6 Å². The van der Waals surface area contributed by atoms with Crippen LogP contribution in [0.4, 0.5) is 11.6 Å². The molecule has 1 unspecified atom stereocenters. The summed E-state index contributed by atoms with van der Waals surface area (Å²) in [7, 11) is 1.53. The molecule has 0 spiro atoms. The van der Waals surface area contributed by atoms with E-state index < -0.39 is 15.1 Å². The highest BCUT2D eigenvalue weighted by Crippen LogP contribution is 2.29. The molecular weight excluding hydrogens is 360 g/mol. The number of thiol groups is 1. The van der Waals surface area contributed by atoms with Gasteiger partial charge in [-0.1, -0.05) is 18.2 Å². The van der Waals surface area contributed by atoms with Crippen LogP contribution in [0.2, 0.25) is 0 Å². The summed E-state index contributed by atoms with van der Waals surface area (Å²) < 4.78 is 2.95. The van der Waals surface area contributed by atoms with Crippen molar-refractivity contribution in [1.82, 2.24) is 19.1 Å². The number of nitro groups is 2. The van der Waals surface area contributed by atoms with Crippen LogP contribution in [0.1, 0.15) is 16.9 Å². The topological polar surface area (TPSA) is 122 Å². The summed E-state index contributed by atoms with van der Waals surface area (Å²) >= 11 is 4.51. The molecule has 0 fully saturated rings. The second kappa shape index (κ2) is 6.96. The van der Waals surface area contributed by atoms with Gasteiger partial charge in [-0.2, -0.15) is 12.6 Å². The average molecular weight is 374 g/mol. The molecule has 2 aromatic heterocycles. The van der Waals surface area contributed by atoms with Crippen molar-refractivity contribution in [2.45, 2.75) is 11.7 Å². The van der Waals surface area contributed by atoms with E-state index >= 15 is 0 Å². The number of benzene rings is 1. The number of nitrogens with zero attached hydrogens (tertiary/aromatic N) is 6. The van der Waals surface area contributed by atoms with Crippen molar-refractivity contribution in [3.05, 3.63) is 74.6 Å². The number of hydrogen-bond donors (Lipinski definition) is 1. The fourth-order valence-corrected chi connectivity index (χ4v) is 2.91. The Morgan fingerprint density at radius 2 is 1.88 bits per heavy atom. The molecule has 11 heteroatoms. The highest BCUT2D eigenvalue weighted by Gasteiger charge is 2.28. The first kappa shape index (κ1) is 17.6. The van der Waals surface area contributed by atoms with Gasteiger partial charge in [-0.25, -0.2) is 9.55 Å². The summed E-state index contributed by atoms with van der Waals surface area (Å²) in [6.07, 6.45) is 2.71. The first-order valence-electron chi connectivity index (χ1n) is 7.50. The van der Waals surface area contributed by atoms with Crippen LogP contribution in [-0.2, 0) is 13.5 Å². The average Bonchev–Trinajstić information content (AvgIpc) is 3.20. The molecule has 0 aliphatic carbocycles. The van der Waals surface area contributed by atoms with Gasteiger partial charge in [0.05, 0.1) is 12.3 Å². The van der Waals surface area contributed by atoms with Gasteiger partial charge in [0.25, 0.3) is 0 Å². The molecule has 0 amide bonds. The van der Waals surface area contributed by atoms with E-state index in [1.807, 2.05) is 6.07 Å². The van der Waals surface area contributed by atoms with Crippen molar-refractivity contribution in [1.29, 1.82) is 0 Å². The van der Waals surface area contributed by atoms with Gasteiger partial charge in [0, 0.05) is 12.1 Å². The van der Waals surface area contributed by atoms with Gasteiger partial charge in [-0.05, 0) is 27.0 Å². The Balaban J connectivity index is 1.97. The smallest absolute Gasteiger partial charge is 0.358 e. The lowest BCUT2D eigenvalue weighted by Crippen LogP contribution is -2.09. The van der Waals surface area contributed by atoms with E-state index in [1.165, 1.54) is 24.0 Å². The predicted molar refractivity (Wildman–Crippen MR) is 95.5 cm³/mol. The molecule has 0 saturated carbocycles. The fourth-order valence-electron chi connectivity index (χ4n) is 2.56. The Morgan fingerprint density at radius 1 is 1.19 bits per heavy atom. The van der Waals surface area contributed by atoms with E-state index in [0.29, 0.717) is 17.3 Å². The lowest BCUT2D eigenvalue weighted by molar-refractivity contribution is -0.391. The monoisotopic (exact) mass is 374 g/mol. The van der Waals surface area contributed by atoms with Gasteiger partial charge < -0.3 is 20.2 Å². The van der Waals surface area contributed by atoms with E-state index in [4.69, 9.17) is 0 Å². The Morgan fingerprint density at radius 3 is 2.46 bits per heavy atom. The molecule has 134 valence electrons. The minimum Gasteiger partial charge on any atom is -0.358 e. The van der Waals surface area contributed by atoms with Gasteiger partial charge in [0.1, 0.15) is 12.4 Å². The lowest BCUT2D eigenvalue weighted by atomic mass is 10.2. The first-order valence-corrected chi connectivity index (χ1v) is 8.02. The molecule has 3 aromatic rings. The molecule has 0 aliphatic rings. The number of imidazole rings is 2. The molecule has 2 heterocycles. The van der Waals surface area contributed by atoms with Gasteiger partial charge >= 0.3 is 11.6 Å². The van der Waals surface area contributed by atoms with Crippen LogP contribution in [0.3, 0.4) is 0 Å². The zero-order valence-corrected chi connectivity index (χ0v) is 14.5. The summed E-state index contributed by atoms with van der Waals surface area (Å²) in [6, 6.07) is 9.03. The highest BCUT2D eigenvalue weighted by molar-refractivity contribution is 7.80. The van der Waals surface area contributed by atoms with Crippen LogP contribution in [0, 0.1) is 20.2 Å². The molecular formula is C15H14N6O4S. The SMILES string of the molecule is Cn1c([N+](=O)[O-])cnc1CC(S)c1nc([N+](=O)[O-])cn1-c1ccccc1. The van der Waals surface area contributed by atoms with Crippen molar-refractivity contribution < 1.29 is 9.85 Å². The Bertz CT molecular complexity index is 968. The third-order valence-corrected chi connectivity index (χ3v) is 4.28. The summed E-state index contributed by atoms with van der Waals surface area (Å²) in [6.45, 7) is 0. The summed E-state index contributed by atoms with van der Waals surface area (Å²) in [5, 5.41) is 21.5. The Labute approximate surface area is 152 Å². The molecule has 26 heavy (non-hydrogen) atoms. The number of hydrogen-bond acceptors (Lipinski definition) is 7. The number of aromatic nitrogens is 4. The summed E-state index contributed by atoms with van der Waals surface area (Å²) in [4.78, 5) is 29.1. The maximum atomic E-state index is 11.1. The molecule has 3 rings (SSSR count). The van der Waals surface area contributed by atoms with Crippen molar-refractivity contribution >= 4 is 24.3 Å². The minimum atomic E-state index is -0.574. The van der Waals surface area contributed by atoms with E-state index in [1.54, 1.807) is 28.8 Å². The third kappa shape index (κ3) is 3.28. The normalized spacial score (nSPS) is 12.1. The second-order valence-corrected chi connectivity index (χ2v) is 6.11. The zero-order chi connectivity index (χ0) is 18.8. The van der Waals surface area contributed by atoms with Crippen LogP contribution in [0.5, 0.6) is 0 Å².